The number of fused-ring (bicyclic) bond motifs is 4. The summed E-state index contributed by atoms with van der Waals surface area (Å²) in [5, 5.41) is 2.47. The molecule has 5 aromatic rings. The molecule has 1 N–H and O–H groups in total. The molecule has 0 fully saturated rings. The second-order valence-electron chi connectivity index (χ2n) is 9.17. The number of para-hydroxylation sites is 1. The van der Waals surface area contributed by atoms with E-state index in [1.165, 1.54) is 33.0 Å². The van der Waals surface area contributed by atoms with Crippen molar-refractivity contribution < 1.29 is 0 Å². The number of allylic oxidation sites excluding steroid dienone is 4. The molecule has 2 heteroatoms. The second-order valence-corrected chi connectivity index (χ2v) is 9.17. The van der Waals surface area contributed by atoms with Gasteiger partial charge in [-0.1, -0.05) is 97.1 Å². The molecule has 162 valence electrons. The van der Waals surface area contributed by atoms with Gasteiger partial charge in [-0.05, 0) is 47.7 Å². The number of nitrogens with one attached hydrogen (secondary N) is 1. The van der Waals surface area contributed by atoms with Crippen LogP contribution in [0.2, 0.25) is 0 Å². The van der Waals surface area contributed by atoms with Crippen LogP contribution in [0.4, 0.5) is 5.69 Å². The molecule has 0 spiro atoms. The van der Waals surface area contributed by atoms with Crippen LogP contribution in [0.15, 0.2) is 126 Å². The zero-order valence-electron chi connectivity index (χ0n) is 18.8. The molecule has 1 aliphatic heterocycles. The smallest absolute Gasteiger partial charge is 0.0901 e. The molecule has 2 heterocycles. The van der Waals surface area contributed by atoms with Crippen LogP contribution >= 0.6 is 0 Å². The molecule has 0 unspecified atom stereocenters. The SMILES string of the molecule is C1=CC(C2=Nc3cc4c(cc3C2(c2ccccc2)c2ccccc2)[nH]c2ccccc24)=CCC1. The first-order chi connectivity index (χ1) is 16.9. The second kappa shape index (κ2) is 7.43. The van der Waals surface area contributed by atoms with Crippen molar-refractivity contribution in [2.75, 3.05) is 0 Å². The maximum absolute atomic E-state index is 5.40. The lowest BCUT2D eigenvalue weighted by atomic mass is 9.65. The van der Waals surface area contributed by atoms with E-state index in [9.17, 15) is 0 Å². The summed E-state index contributed by atoms with van der Waals surface area (Å²) in [6, 6.07) is 34.9. The summed E-state index contributed by atoms with van der Waals surface area (Å²) in [5.41, 5.74) is 8.96. The first kappa shape index (κ1) is 19.3. The van der Waals surface area contributed by atoms with Crippen LogP contribution < -0.4 is 0 Å². The van der Waals surface area contributed by atoms with Gasteiger partial charge in [-0.3, -0.25) is 4.99 Å². The average molecular weight is 437 g/mol. The topological polar surface area (TPSA) is 28.1 Å². The van der Waals surface area contributed by atoms with Crippen molar-refractivity contribution >= 4 is 33.2 Å². The molecule has 0 bridgehead atoms. The molecule has 0 saturated heterocycles. The summed E-state index contributed by atoms with van der Waals surface area (Å²) in [6.45, 7) is 0. The number of nitrogens with zero attached hydrogens (tertiary/aromatic N) is 1. The van der Waals surface area contributed by atoms with E-state index in [4.69, 9.17) is 4.99 Å². The van der Waals surface area contributed by atoms with E-state index in [0.717, 1.165) is 35.3 Å². The Balaban J connectivity index is 1.62. The number of rotatable bonds is 3. The monoisotopic (exact) mass is 436 g/mol. The molecule has 4 aromatic carbocycles. The predicted molar refractivity (Wildman–Crippen MR) is 142 cm³/mol. The third-order valence-corrected chi connectivity index (χ3v) is 7.30. The summed E-state index contributed by atoms with van der Waals surface area (Å²) in [5.74, 6) is 0. The van der Waals surface area contributed by atoms with Gasteiger partial charge in [0.05, 0.1) is 16.8 Å². The van der Waals surface area contributed by atoms with Gasteiger partial charge >= 0.3 is 0 Å². The Hall–Kier alpha value is -4.17. The highest BCUT2D eigenvalue weighted by molar-refractivity contribution is 6.20. The van der Waals surface area contributed by atoms with Gasteiger partial charge in [-0.15, -0.1) is 0 Å². The minimum Gasteiger partial charge on any atom is -0.354 e. The predicted octanol–water partition coefficient (Wildman–Crippen LogP) is 8.02. The fourth-order valence-electron chi connectivity index (χ4n) is 5.81. The zero-order valence-corrected chi connectivity index (χ0v) is 18.8. The van der Waals surface area contributed by atoms with Crippen LogP contribution in [-0.4, -0.2) is 10.7 Å². The van der Waals surface area contributed by atoms with Gasteiger partial charge in [0.15, 0.2) is 0 Å². The van der Waals surface area contributed by atoms with Crippen molar-refractivity contribution in [3.8, 4) is 0 Å². The third kappa shape index (κ3) is 2.66. The molecule has 2 aliphatic rings. The first-order valence-electron chi connectivity index (χ1n) is 12.0. The molecule has 34 heavy (non-hydrogen) atoms. The van der Waals surface area contributed by atoms with Crippen molar-refractivity contribution in [1.82, 2.24) is 4.98 Å². The van der Waals surface area contributed by atoms with Crippen LogP contribution in [0.25, 0.3) is 21.8 Å². The van der Waals surface area contributed by atoms with Crippen LogP contribution in [-0.2, 0) is 5.41 Å². The molecule has 0 saturated carbocycles. The summed E-state index contributed by atoms with van der Waals surface area (Å²) < 4.78 is 0. The molecular formula is C32H24N2. The van der Waals surface area contributed by atoms with Crippen molar-refractivity contribution in [2.24, 2.45) is 4.99 Å². The van der Waals surface area contributed by atoms with Crippen LogP contribution in [0.3, 0.4) is 0 Å². The lowest BCUT2D eigenvalue weighted by Gasteiger charge is -2.34. The number of benzene rings is 4. The first-order valence-corrected chi connectivity index (χ1v) is 12.0. The molecule has 0 atom stereocenters. The van der Waals surface area contributed by atoms with Gasteiger partial charge < -0.3 is 4.98 Å². The standard InChI is InChI=1S/C32H24N2/c1-4-12-22(13-5-1)31-32(23-14-6-2-7-15-23,24-16-8-3-9-17-24)27-21-29-26(20-30(27)34-31)25-18-10-11-19-28(25)33-29/h2-4,6-21,33H,1,5H2. The van der Waals surface area contributed by atoms with E-state index >= 15 is 0 Å². The fraction of sp³-hybridized carbons (Fsp3) is 0.0938. The summed E-state index contributed by atoms with van der Waals surface area (Å²) >= 11 is 0. The van der Waals surface area contributed by atoms with E-state index in [1.807, 2.05) is 0 Å². The minimum absolute atomic E-state index is 0.475. The number of hydrogen-bond donors (Lipinski definition) is 1. The fourth-order valence-corrected chi connectivity index (χ4v) is 5.81. The van der Waals surface area contributed by atoms with E-state index < -0.39 is 5.41 Å². The lowest BCUT2D eigenvalue weighted by molar-refractivity contribution is 0.849. The molecule has 2 nitrogen and oxygen atoms in total. The highest BCUT2D eigenvalue weighted by Crippen LogP contribution is 2.52. The molecule has 0 radical (unpaired) electrons. The van der Waals surface area contributed by atoms with Gasteiger partial charge in [0.1, 0.15) is 0 Å². The Morgan fingerprint density at radius 2 is 1.38 bits per heavy atom. The average Bonchev–Trinajstić information content (AvgIpc) is 3.44. The molecule has 7 rings (SSSR count). The van der Waals surface area contributed by atoms with Gasteiger partial charge in [0, 0.05) is 27.4 Å². The number of aliphatic imine (C=N–C) groups is 1. The Morgan fingerprint density at radius 1 is 0.676 bits per heavy atom. The lowest BCUT2D eigenvalue weighted by Crippen LogP contribution is -2.37. The summed E-state index contributed by atoms with van der Waals surface area (Å²) in [7, 11) is 0. The van der Waals surface area contributed by atoms with Crippen molar-refractivity contribution in [1.29, 1.82) is 0 Å². The van der Waals surface area contributed by atoms with Crippen LogP contribution in [0.1, 0.15) is 29.5 Å². The van der Waals surface area contributed by atoms with E-state index in [0.29, 0.717) is 0 Å². The number of hydrogen-bond acceptors (Lipinski definition) is 1. The van der Waals surface area contributed by atoms with Crippen molar-refractivity contribution in [3.05, 3.63) is 138 Å². The van der Waals surface area contributed by atoms with Gasteiger partial charge in [-0.2, -0.15) is 0 Å². The number of aromatic nitrogens is 1. The third-order valence-electron chi connectivity index (χ3n) is 7.30. The normalized spacial score (nSPS) is 16.5. The Kier molecular flexibility index (Phi) is 4.22. The number of H-pyrrole nitrogens is 1. The Labute approximate surface area is 199 Å². The van der Waals surface area contributed by atoms with Gasteiger partial charge in [0.25, 0.3) is 0 Å². The molecule has 0 amide bonds. The molecular weight excluding hydrogens is 412 g/mol. The summed E-state index contributed by atoms with van der Waals surface area (Å²) in [4.78, 5) is 9.06. The molecule has 1 aliphatic carbocycles. The number of aromatic amines is 1. The Bertz CT molecular complexity index is 1590. The highest BCUT2D eigenvalue weighted by atomic mass is 14.8. The van der Waals surface area contributed by atoms with Gasteiger partial charge in [-0.25, -0.2) is 0 Å². The highest BCUT2D eigenvalue weighted by Gasteiger charge is 2.47. The maximum atomic E-state index is 5.40. The van der Waals surface area contributed by atoms with Crippen molar-refractivity contribution in [2.45, 2.75) is 18.3 Å². The van der Waals surface area contributed by atoms with Crippen molar-refractivity contribution in [3.63, 3.8) is 0 Å². The van der Waals surface area contributed by atoms with Crippen LogP contribution in [0, 0.1) is 0 Å². The maximum Gasteiger partial charge on any atom is 0.0901 e. The zero-order chi connectivity index (χ0) is 22.5. The van der Waals surface area contributed by atoms with E-state index in [1.54, 1.807) is 0 Å². The minimum atomic E-state index is -0.475. The Morgan fingerprint density at radius 3 is 2.09 bits per heavy atom. The summed E-state index contributed by atoms with van der Waals surface area (Å²) in [6.07, 6.45) is 9.02. The van der Waals surface area contributed by atoms with E-state index in [2.05, 4.69) is 120 Å². The quantitative estimate of drug-likeness (QED) is 0.297. The molecule has 1 aromatic heterocycles. The van der Waals surface area contributed by atoms with Gasteiger partial charge in [0.2, 0.25) is 0 Å². The van der Waals surface area contributed by atoms with E-state index in [-0.39, 0.29) is 0 Å². The largest absolute Gasteiger partial charge is 0.354 e. The van der Waals surface area contributed by atoms with Crippen LogP contribution in [0.5, 0.6) is 0 Å².